The van der Waals surface area contributed by atoms with E-state index < -0.39 is 0 Å². The minimum absolute atomic E-state index is 0.150. The molecular formula is C22H25N3O. The number of hydrogen-bond donors (Lipinski definition) is 1. The molecule has 0 bridgehead atoms. The van der Waals surface area contributed by atoms with Gasteiger partial charge in [-0.3, -0.25) is 0 Å². The van der Waals surface area contributed by atoms with Crippen LogP contribution in [0.25, 0.3) is 6.08 Å². The molecule has 1 spiro atoms. The Morgan fingerprint density at radius 1 is 1.12 bits per heavy atom. The number of hydrogen-bond acceptors (Lipinski definition) is 4. The highest BCUT2D eigenvalue weighted by Gasteiger charge is 2.38. The third kappa shape index (κ3) is 2.55. The minimum Gasteiger partial charge on any atom is -0.393 e. The maximum Gasteiger partial charge on any atom is 0.132 e. The van der Waals surface area contributed by atoms with Crippen molar-refractivity contribution in [1.29, 1.82) is 0 Å². The highest BCUT2D eigenvalue weighted by molar-refractivity contribution is 5.65. The van der Waals surface area contributed by atoms with Crippen LogP contribution in [0.15, 0.2) is 36.4 Å². The first-order valence-electron chi connectivity index (χ1n) is 9.70. The summed E-state index contributed by atoms with van der Waals surface area (Å²) >= 11 is 0. The number of anilines is 1. The monoisotopic (exact) mass is 347 g/mol. The Morgan fingerprint density at radius 3 is 2.65 bits per heavy atom. The molecule has 4 nitrogen and oxygen atoms in total. The summed E-state index contributed by atoms with van der Waals surface area (Å²) in [6.45, 7) is 4.01. The van der Waals surface area contributed by atoms with E-state index in [0.717, 1.165) is 56.1 Å². The topological polar surface area (TPSA) is 49.3 Å². The number of fused-ring (bicyclic) bond motifs is 2. The van der Waals surface area contributed by atoms with E-state index in [2.05, 4.69) is 52.4 Å². The molecule has 2 aromatic rings. The van der Waals surface area contributed by atoms with Crippen molar-refractivity contribution in [3.05, 3.63) is 59.1 Å². The second kappa shape index (κ2) is 5.92. The third-order valence-corrected chi connectivity index (χ3v) is 6.43. The van der Waals surface area contributed by atoms with Crippen LogP contribution in [0.4, 0.5) is 5.82 Å². The van der Waals surface area contributed by atoms with Gasteiger partial charge in [0.2, 0.25) is 0 Å². The van der Waals surface area contributed by atoms with E-state index in [0.29, 0.717) is 5.92 Å². The molecule has 1 saturated carbocycles. The predicted molar refractivity (Wildman–Crippen MR) is 103 cm³/mol. The summed E-state index contributed by atoms with van der Waals surface area (Å²) in [6, 6.07) is 11.0. The van der Waals surface area contributed by atoms with E-state index in [1.54, 1.807) is 0 Å². The molecule has 2 fully saturated rings. The molecule has 4 heteroatoms. The van der Waals surface area contributed by atoms with Crippen LogP contribution in [0.1, 0.15) is 54.2 Å². The smallest absolute Gasteiger partial charge is 0.132 e. The maximum absolute atomic E-state index is 9.60. The minimum atomic E-state index is -0.150. The van der Waals surface area contributed by atoms with Gasteiger partial charge in [0, 0.05) is 36.2 Å². The lowest BCUT2D eigenvalue weighted by molar-refractivity contribution is 0.0731. The zero-order chi connectivity index (χ0) is 17.7. The maximum atomic E-state index is 9.60. The zero-order valence-corrected chi connectivity index (χ0v) is 15.2. The van der Waals surface area contributed by atoms with Crippen molar-refractivity contribution in [2.75, 3.05) is 18.0 Å². The Morgan fingerprint density at radius 2 is 1.88 bits per heavy atom. The summed E-state index contributed by atoms with van der Waals surface area (Å²) in [6.07, 6.45) is 8.48. The lowest BCUT2D eigenvalue weighted by atomic mass is 9.74. The van der Waals surface area contributed by atoms with Gasteiger partial charge in [0.1, 0.15) is 11.6 Å². The zero-order valence-electron chi connectivity index (χ0n) is 15.2. The molecule has 26 heavy (non-hydrogen) atoms. The Balaban J connectivity index is 1.36. The summed E-state index contributed by atoms with van der Waals surface area (Å²) in [5, 5.41) is 9.60. The van der Waals surface area contributed by atoms with Gasteiger partial charge in [-0.1, -0.05) is 36.4 Å². The van der Waals surface area contributed by atoms with Crippen LogP contribution in [-0.2, 0) is 5.41 Å². The highest BCUT2D eigenvalue weighted by Crippen LogP contribution is 2.44. The van der Waals surface area contributed by atoms with Gasteiger partial charge in [0.05, 0.1) is 6.10 Å². The largest absolute Gasteiger partial charge is 0.393 e. The molecule has 1 aromatic carbocycles. The lowest BCUT2D eigenvalue weighted by Gasteiger charge is -2.40. The van der Waals surface area contributed by atoms with Crippen molar-refractivity contribution in [1.82, 2.24) is 9.97 Å². The average Bonchev–Trinajstić information content (AvgIpc) is 2.98. The number of allylic oxidation sites excluding steroid dienone is 1. The number of nitrogens with zero attached hydrogens (tertiary/aromatic N) is 3. The number of aliphatic hydroxyl groups is 1. The number of aryl methyl sites for hydroxylation is 1. The summed E-state index contributed by atoms with van der Waals surface area (Å²) in [7, 11) is 0. The van der Waals surface area contributed by atoms with Crippen LogP contribution in [0.2, 0.25) is 0 Å². The second-order valence-corrected chi connectivity index (χ2v) is 8.08. The molecule has 2 aliphatic carbocycles. The van der Waals surface area contributed by atoms with Crippen LogP contribution >= 0.6 is 0 Å². The number of benzene rings is 1. The summed E-state index contributed by atoms with van der Waals surface area (Å²) in [4.78, 5) is 11.7. The molecule has 0 atom stereocenters. The quantitative estimate of drug-likeness (QED) is 0.902. The number of piperidine rings is 1. The average molecular weight is 347 g/mol. The number of aliphatic hydroxyl groups excluding tert-OH is 1. The van der Waals surface area contributed by atoms with Crippen LogP contribution in [-0.4, -0.2) is 34.3 Å². The first-order valence-corrected chi connectivity index (χ1v) is 9.70. The fraction of sp³-hybridized carbons (Fsp3) is 0.455. The Hall–Kier alpha value is -2.20. The standard InChI is InChI=1S/C22H25N3O/c1-15-23-20(17-12-18(26)13-17)14-21(24-15)25-10-8-22(9-11-25)7-6-16-4-2-3-5-19(16)22/h2-7,14,17-18,26H,8-13H2,1H3. The number of aromatic nitrogens is 2. The van der Waals surface area contributed by atoms with E-state index in [9.17, 15) is 5.11 Å². The fourth-order valence-electron chi connectivity index (χ4n) is 4.78. The van der Waals surface area contributed by atoms with E-state index >= 15 is 0 Å². The SMILES string of the molecule is Cc1nc(C2CC(O)C2)cc(N2CCC3(C=Cc4ccccc43)CC2)n1. The molecule has 2 heterocycles. The van der Waals surface area contributed by atoms with Crippen molar-refractivity contribution in [2.45, 2.75) is 50.0 Å². The van der Waals surface area contributed by atoms with Crippen LogP contribution in [0, 0.1) is 6.92 Å². The van der Waals surface area contributed by atoms with Gasteiger partial charge in [0.25, 0.3) is 0 Å². The molecule has 0 amide bonds. The van der Waals surface area contributed by atoms with Gasteiger partial charge in [-0.25, -0.2) is 9.97 Å². The third-order valence-electron chi connectivity index (χ3n) is 6.43. The first kappa shape index (κ1) is 16.0. The van der Waals surface area contributed by atoms with Crippen molar-refractivity contribution in [3.8, 4) is 0 Å². The van der Waals surface area contributed by atoms with Gasteiger partial charge in [0.15, 0.2) is 0 Å². The molecule has 1 aliphatic heterocycles. The Bertz CT molecular complexity index is 861. The van der Waals surface area contributed by atoms with Crippen molar-refractivity contribution < 1.29 is 5.11 Å². The normalized spacial score (nSPS) is 26.0. The molecule has 134 valence electrons. The van der Waals surface area contributed by atoms with Gasteiger partial charge in [-0.05, 0) is 43.7 Å². The van der Waals surface area contributed by atoms with Crippen molar-refractivity contribution >= 4 is 11.9 Å². The molecule has 0 radical (unpaired) electrons. The van der Waals surface area contributed by atoms with Crippen molar-refractivity contribution in [3.63, 3.8) is 0 Å². The molecule has 1 saturated heterocycles. The van der Waals surface area contributed by atoms with Crippen LogP contribution < -0.4 is 4.90 Å². The van der Waals surface area contributed by atoms with Gasteiger partial charge >= 0.3 is 0 Å². The molecule has 1 aromatic heterocycles. The fourth-order valence-corrected chi connectivity index (χ4v) is 4.78. The van der Waals surface area contributed by atoms with Crippen LogP contribution in [0.5, 0.6) is 0 Å². The van der Waals surface area contributed by atoms with E-state index in [-0.39, 0.29) is 11.5 Å². The van der Waals surface area contributed by atoms with E-state index in [4.69, 9.17) is 4.98 Å². The molecule has 0 unspecified atom stereocenters. The Labute approximate surface area is 154 Å². The van der Waals surface area contributed by atoms with E-state index in [1.807, 2.05) is 6.92 Å². The molecular weight excluding hydrogens is 322 g/mol. The van der Waals surface area contributed by atoms with Gasteiger partial charge in [-0.15, -0.1) is 0 Å². The van der Waals surface area contributed by atoms with Gasteiger partial charge < -0.3 is 10.0 Å². The first-order chi connectivity index (χ1) is 12.6. The number of rotatable bonds is 2. The Kier molecular flexibility index (Phi) is 3.64. The summed E-state index contributed by atoms with van der Waals surface area (Å²) in [5.41, 5.74) is 4.17. The second-order valence-electron chi connectivity index (χ2n) is 8.08. The predicted octanol–water partition coefficient (Wildman–Crippen LogP) is 3.59. The van der Waals surface area contributed by atoms with Crippen molar-refractivity contribution in [2.24, 2.45) is 0 Å². The molecule has 5 rings (SSSR count). The van der Waals surface area contributed by atoms with E-state index in [1.165, 1.54) is 11.1 Å². The summed E-state index contributed by atoms with van der Waals surface area (Å²) < 4.78 is 0. The summed E-state index contributed by atoms with van der Waals surface area (Å²) in [5.74, 6) is 2.29. The molecule has 1 N–H and O–H groups in total. The van der Waals surface area contributed by atoms with Crippen LogP contribution in [0.3, 0.4) is 0 Å². The lowest BCUT2D eigenvalue weighted by Crippen LogP contribution is -2.41. The van der Waals surface area contributed by atoms with Gasteiger partial charge in [-0.2, -0.15) is 0 Å². The molecule has 3 aliphatic rings. The highest BCUT2D eigenvalue weighted by atomic mass is 16.3.